The fraction of sp³-hybridized carbons (Fsp3) is 0.636. The minimum atomic E-state index is -3.39. The second-order valence-electron chi connectivity index (χ2n) is 9.13. The second kappa shape index (κ2) is 9.92. The Hall–Kier alpha value is -1.93. The minimum absolute atomic E-state index is 0.0658. The molecule has 1 aromatic rings. The zero-order valence-electron chi connectivity index (χ0n) is 18.6. The number of rotatable bonds is 7. The quantitative estimate of drug-likeness (QED) is 0.608. The third-order valence-electron chi connectivity index (χ3n) is 5.63. The molecule has 3 N–H and O–H groups in total. The van der Waals surface area contributed by atoms with Gasteiger partial charge in [-0.15, -0.1) is 0 Å². The summed E-state index contributed by atoms with van der Waals surface area (Å²) in [6, 6.07) is 6.84. The third-order valence-corrected chi connectivity index (χ3v) is 7.89. The number of hydrogen-bond donors (Lipinski definition) is 3. The SMILES string of the molecule is CCC(C)NC(=O)c1ccc(NC(=O)[C@H]2CC[C@H](NS(=O)(=O)C(C)(C)C)CC2)cc1. The molecule has 0 bridgehead atoms. The molecule has 8 heteroatoms. The van der Waals surface area contributed by atoms with Crippen LogP contribution in [-0.2, 0) is 14.8 Å². The molecule has 1 fully saturated rings. The number of amides is 2. The van der Waals surface area contributed by atoms with Gasteiger partial charge in [0.15, 0.2) is 0 Å². The van der Waals surface area contributed by atoms with Crippen LogP contribution in [0.2, 0.25) is 0 Å². The molecule has 0 aliphatic heterocycles. The van der Waals surface area contributed by atoms with Gasteiger partial charge in [0.2, 0.25) is 15.9 Å². The lowest BCUT2D eigenvalue weighted by Gasteiger charge is -2.30. The highest BCUT2D eigenvalue weighted by Crippen LogP contribution is 2.27. The van der Waals surface area contributed by atoms with Crippen LogP contribution in [0.5, 0.6) is 0 Å². The Bertz CT molecular complexity index is 836. The van der Waals surface area contributed by atoms with Gasteiger partial charge in [-0.3, -0.25) is 9.59 Å². The summed E-state index contributed by atoms with van der Waals surface area (Å²) in [6.07, 6.45) is 3.42. The highest BCUT2D eigenvalue weighted by Gasteiger charge is 2.34. The smallest absolute Gasteiger partial charge is 0.251 e. The number of hydrogen-bond acceptors (Lipinski definition) is 4. The highest BCUT2D eigenvalue weighted by atomic mass is 32.2. The van der Waals surface area contributed by atoms with E-state index in [1.165, 1.54) is 0 Å². The van der Waals surface area contributed by atoms with E-state index >= 15 is 0 Å². The lowest BCUT2D eigenvalue weighted by Crippen LogP contribution is -2.46. The van der Waals surface area contributed by atoms with Gasteiger partial charge in [0.25, 0.3) is 5.91 Å². The Kier molecular flexibility index (Phi) is 8.05. The first-order valence-electron chi connectivity index (χ1n) is 10.7. The maximum Gasteiger partial charge on any atom is 0.251 e. The summed E-state index contributed by atoms with van der Waals surface area (Å²) in [5.74, 6) is -0.337. The first-order valence-corrected chi connectivity index (χ1v) is 12.1. The molecule has 2 amide bonds. The maximum absolute atomic E-state index is 12.6. The predicted octanol–water partition coefficient (Wildman–Crippen LogP) is 3.43. The van der Waals surface area contributed by atoms with Gasteiger partial charge >= 0.3 is 0 Å². The van der Waals surface area contributed by atoms with E-state index < -0.39 is 14.8 Å². The molecule has 1 saturated carbocycles. The van der Waals surface area contributed by atoms with Crippen molar-refractivity contribution in [1.82, 2.24) is 10.0 Å². The van der Waals surface area contributed by atoms with Crippen LogP contribution < -0.4 is 15.4 Å². The van der Waals surface area contributed by atoms with Crippen LogP contribution in [0.4, 0.5) is 5.69 Å². The van der Waals surface area contributed by atoms with Crippen molar-refractivity contribution in [3.63, 3.8) is 0 Å². The molecule has 7 nitrogen and oxygen atoms in total. The average Bonchev–Trinajstić information content (AvgIpc) is 2.67. The van der Waals surface area contributed by atoms with Gasteiger partial charge < -0.3 is 10.6 Å². The molecule has 1 aromatic carbocycles. The first kappa shape index (κ1) is 24.3. The number of carbonyl (C=O) groups is 2. The first-order chi connectivity index (χ1) is 13.9. The lowest BCUT2D eigenvalue weighted by molar-refractivity contribution is -0.120. The molecule has 1 aliphatic rings. The van der Waals surface area contributed by atoms with Crippen LogP contribution in [0.25, 0.3) is 0 Å². The van der Waals surface area contributed by atoms with E-state index in [1.54, 1.807) is 45.0 Å². The molecule has 168 valence electrons. The molecule has 0 heterocycles. The van der Waals surface area contributed by atoms with E-state index in [-0.39, 0.29) is 29.8 Å². The van der Waals surface area contributed by atoms with E-state index in [4.69, 9.17) is 0 Å². The number of nitrogens with one attached hydrogen (secondary N) is 3. The summed E-state index contributed by atoms with van der Waals surface area (Å²) < 4.78 is 26.6. The molecule has 30 heavy (non-hydrogen) atoms. The molecule has 0 aromatic heterocycles. The van der Waals surface area contributed by atoms with Crippen molar-refractivity contribution < 1.29 is 18.0 Å². The van der Waals surface area contributed by atoms with Gasteiger partial charge in [-0.05, 0) is 84.1 Å². The van der Waals surface area contributed by atoms with Crippen LogP contribution >= 0.6 is 0 Å². The summed E-state index contributed by atoms with van der Waals surface area (Å²) in [7, 11) is -3.39. The molecular formula is C22H35N3O4S. The second-order valence-corrected chi connectivity index (χ2v) is 11.6. The molecule has 1 atom stereocenters. The van der Waals surface area contributed by atoms with Crippen molar-refractivity contribution in [3.05, 3.63) is 29.8 Å². The summed E-state index contributed by atoms with van der Waals surface area (Å²) >= 11 is 0. The number of benzene rings is 1. The Balaban J connectivity index is 1.86. The van der Waals surface area contributed by atoms with Gasteiger partial charge in [0.1, 0.15) is 0 Å². The molecule has 2 rings (SSSR count). The van der Waals surface area contributed by atoms with Crippen molar-refractivity contribution >= 4 is 27.5 Å². The van der Waals surface area contributed by atoms with Crippen molar-refractivity contribution in [2.24, 2.45) is 5.92 Å². The predicted molar refractivity (Wildman–Crippen MR) is 120 cm³/mol. The van der Waals surface area contributed by atoms with E-state index in [2.05, 4.69) is 15.4 Å². The molecule has 0 saturated heterocycles. The molecule has 0 radical (unpaired) electrons. The number of carbonyl (C=O) groups excluding carboxylic acids is 2. The fourth-order valence-electron chi connectivity index (χ4n) is 3.23. The van der Waals surface area contributed by atoms with Crippen molar-refractivity contribution in [1.29, 1.82) is 0 Å². The van der Waals surface area contributed by atoms with Crippen molar-refractivity contribution in [2.45, 2.75) is 83.6 Å². The molecule has 1 aliphatic carbocycles. The van der Waals surface area contributed by atoms with Gasteiger partial charge in [-0.1, -0.05) is 6.92 Å². The molecule has 1 unspecified atom stereocenters. The van der Waals surface area contributed by atoms with Gasteiger partial charge in [0.05, 0.1) is 4.75 Å². The van der Waals surface area contributed by atoms with Crippen LogP contribution in [0, 0.1) is 5.92 Å². The van der Waals surface area contributed by atoms with Crippen molar-refractivity contribution in [2.75, 3.05) is 5.32 Å². The van der Waals surface area contributed by atoms with Crippen LogP contribution in [-0.4, -0.2) is 37.1 Å². The van der Waals surface area contributed by atoms with Crippen LogP contribution in [0.3, 0.4) is 0 Å². The zero-order valence-corrected chi connectivity index (χ0v) is 19.4. The summed E-state index contributed by atoms with van der Waals surface area (Å²) in [5.41, 5.74) is 1.20. The Labute approximate surface area is 180 Å². The third kappa shape index (κ3) is 6.54. The molecular weight excluding hydrogens is 402 g/mol. The Morgan fingerprint density at radius 1 is 1.07 bits per heavy atom. The van der Waals surface area contributed by atoms with Gasteiger partial charge in [-0.2, -0.15) is 0 Å². The summed E-state index contributed by atoms with van der Waals surface area (Å²) in [6.45, 7) is 8.99. The lowest BCUT2D eigenvalue weighted by atomic mass is 9.86. The minimum Gasteiger partial charge on any atom is -0.350 e. The highest BCUT2D eigenvalue weighted by molar-refractivity contribution is 7.90. The van der Waals surface area contributed by atoms with E-state index in [9.17, 15) is 18.0 Å². The van der Waals surface area contributed by atoms with Crippen molar-refractivity contribution in [3.8, 4) is 0 Å². The average molecular weight is 438 g/mol. The van der Waals surface area contributed by atoms with Gasteiger partial charge in [0, 0.05) is 29.3 Å². The van der Waals surface area contributed by atoms with Crippen LogP contribution in [0.15, 0.2) is 24.3 Å². The summed E-state index contributed by atoms with van der Waals surface area (Å²) in [4.78, 5) is 24.7. The largest absolute Gasteiger partial charge is 0.350 e. The fourth-order valence-corrected chi connectivity index (χ4v) is 4.26. The van der Waals surface area contributed by atoms with E-state index in [0.29, 0.717) is 36.9 Å². The van der Waals surface area contributed by atoms with Gasteiger partial charge in [-0.25, -0.2) is 13.1 Å². The normalized spacial score (nSPS) is 21.0. The Morgan fingerprint density at radius 2 is 1.63 bits per heavy atom. The topological polar surface area (TPSA) is 104 Å². The number of sulfonamides is 1. The Morgan fingerprint density at radius 3 is 2.13 bits per heavy atom. The molecule has 0 spiro atoms. The standard InChI is InChI=1S/C22H35N3O4S/c1-6-15(2)23-20(26)16-7-11-18(12-8-16)24-21(27)17-9-13-19(14-10-17)25-30(28,29)22(3,4)5/h7-8,11-12,15,17,19,25H,6,9-10,13-14H2,1-5H3,(H,23,26)(H,24,27)/t15?,17-,19-. The number of anilines is 1. The van der Waals surface area contributed by atoms with Crippen LogP contribution in [0.1, 0.15) is 77.1 Å². The van der Waals surface area contributed by atoms with E-state index in [1.807, 2.05) is 13.8 Å². The zero-order chi connectivity index (χ0) is 22.5. The summed E-state index contributed by atoms with van der Waals surface area (Å²) in [5, 5.41) is 5.82. The van der Waals surface area contributed by atoms with E-state index in [0.717, 1.165) is 6.42 Å². The monoisotopic (exact) mass is 437 g/mol. The maximum atomic E-state index is 12.6.